The quantitative estimate of drug-likeness (QED) is 0.602. The van der Waals surface area contributed by atoms with Gasteiger partial charge in [0.1, 0.15) is 0 Å². The fourth-order valence-electron chi connectivity index (χ4n) is 2.54. The second kappa shape index (κ2) is 9.91. The second-order valence-corrected chi connectivity index (χ2v) is 6.35. The standard InChI is InChI=1S/C14H26N2O3S/c1-20-12-8-5-4-7-11(12)16-14(19)15-10-6-2-3-9-13(17)18/h11-12H,2-10H2,1H3,(H,17,18)(H2,15,16,19). The molecule has 6 heteroatoms. The summed E-state index contributed by atoms with van der Waals surface area (Å²) in [4.78, 5) is 22.1. The summed E-state index contributed by atoms with van der Waals surface area (Å²) in [5.41, 5.74) is 0. The van der Waals surface area contributed by atoms with Crippen LogP contribution in [0.3, 0.4) is 0 Å². The van der Waals surface area contributed by atoms with Crippen LogP contribution >= 0.6 is 11.8 Å². The molecule has 1 fully saturated rings. The van der Waals surface area contributed by atoms with Gasteiger partial charge in [-0.05, 0) is 31.9 Å². The van der Waals surface area contributed by atoms with Gasteiger partial charge < -0.3 is 15.7 Å². The predicted octanol–water partition coefficient (Wildman–Crippen LogP) is 2.60. The van der Waals surface area contributed by atoms with Crippen molar-refractivity contribution < 1.29 is 14.7 Å². The normalized spacial score (nSPS) is 22.2. The highest BCUT2D eigenvalue weighted by Gasteiger charge is 2.25. The molecule has 1 rings (SSSR count). The SMILES string of the molecule is CSC1CCCCC1NC(=O)NCCCCCC(=O)O. The molecule has 116 valence electrons. The molecule has 0 radical (unpaired) electrons. The van der Waals surface area contributed by atoms with E-state index in [2.05, 4.69) is 16.9 Å². The van der Waals surface area contributed by atoms with Crippen LogP contribution < -0.4 is 10.6 Å². The zero-order chi connectivity index (χ0) is 14.8. The van der Waals surface area contributed by atoms with E-state index in [1.807, 2.05) is 11.8 Å². The molecular formula is C14H26N2O3S. The van der Waals surface area contributed by atoms with Crippen LogP contribution in [0.1, 0.15) is 51.4 Å². The molecule has 0 aliphatic heterocycles. The smallest absolute Gasteiger partial charge is 0.315 e. The monoisotopic (exact) mass is 302 g/mol. The molecule has 2 unspecified atom stereocenters. The number of rotatable bonds is 8. The third kappa shape index (κ3) is 7.03. The number of carbonyl (C=O) groups is 2. The Morgan fingerprint density at radius 2 is 1.95 bits per heavy atom. The lowest BCUT2D eigenvalue weighted by molar-refractivity contribution is -0.137. The number of hydrogen-bond acceptors (Lipinski definition) is 3. The average molecular weight is 302 g/mol. The fourth-order valence-corrected chi connectivity index (χ4v) is 3.48. The van der Waals surface area contributed by atoms with Gasteiger partial charge in [-0.25, -0.2) is 4.79 Å². The third-order valence-electron chi connectivity index (χ3n) is 3.67. The van der Waals surface area contributed by atoms with E-state index in [9.17, 15) is 9.59 Å². The van der Waals surface area contributed by atoms with Crippen molar-refractivity contribution in [2.75, 3.05) is 12.8 Å². The highest BCUT2D eigenvalue weighted by atomic mass is 32.2. The Labute approximate surface area is 125 Å². The summed E-state index contributed by atoms with van der Waals surface area (Å²) in [6.45, 7) is 0.613. The van der Waals surface area contributed by atoms with Gasteiger partial charge in [0.15, 0.2) is 0 Å². The number of nitrogens with one attached hydrogen (secondary N) is 2. The van der Waals surface area contributed by atoms with Gasteiger partial charge in [0.05, 0.1) is 0 Å². The van der Waals surface area contributed by atoms with Crippen molar-refractivity contribution in [3.05, 3.63) is 0 Å². The van der Waals surface area contributed by atoms with Gasteiger partial charge in [0.25, 0.3) is 0 Å². The van der Waals surface area contributed by atoms with E-state index in [0.29, 0.717) is 18.2 Å². The van der Waals surface area contributed by atoms with Crippen molar-refractivity contribution in [2.24, 2.45) is 0 Å². The van der Waals surface area contributed by atoms with Gasteiger partial charge in [-0.15, -0.1) is 0 Å². The number of carbonyl (C=O) groups excluding carboxylic acids is 1. The Bertz CT molecular complexity index is 313. The molecule has 0 spiro atoms. The summed E-state index contributed by atoms with van der Waals surface area (Å²) in [5, 5.41) is 15.0. The summed E-state index contributed by atoms with van der Waals surface area (Å²) < 4.78 is 0. The first-order chi connectivity index (χ1) is 9.63. The number of carboxylic acid groups (broad SMARTS) is 1. The topological polar surface area (TPSA) is 78.4 Å². The van der Waals surface area contributed by atoms with E-state index in [4.69, 9.17) is 5.11 Å². The van der Waals surface area contributed by atoms with E-state index < -0.39 is 5.97 Å². The summed E-state index contributed by atoms with van der Waals surface area (Å²) in [6.07, 6.45) is 9.36. The van der Waals surface area contributed by atoms with Crippen molar-refractivity contribution in [3.8, 4) is 0 Å². The number of thioether (sulfide) groups is 1. The molecule has 1 aliphatic rings. The predicted molar refractivity (Wildman–Crippen MR) is 82.2 cm³/mol. The molecule has 3 N–H and O–H groups in total. The number of carboxylic acids is 1. The van der Waals surface area contributed by atoms with Crippen LogP contribution in [0.25, 0.3) is 0 Å². The van der Waals surface area contributed by atoms with Crippen molar-refractivity contribution in [1.82, 2.24) is 10.6 Å². The lowest BCUT2D eigenvalue weighted by Gasteiger charge is -2.30. The number of urea groups is 1. The Morgan fingerprint density at radius 3 is 2.65 bits per heavy atom. The van der Waals surface area contributed by atoms with E-state index in [1.165, 1.54) is 19.3 Å². The molecule has 1 aliphatic carbocycles. The molecular weight excluding hydrogens is 276 g/mol. The van der Waals surface area contributed by atoms with Gasteiger partial charge in [0, 0.05) is 24.3 Å². The summed E-state index contributed by atoms with van der Waals surface area (Å²) in [5.74, 6) is -0.754. The Kier molecular flexibility index (Phi) is 8.49. The van der Waals surface area contributed by atoms with E-state index in [0.717, 1.165) is 19.3 Å². The maximum atomic E-state index is 11.8. The molecule has 5 nitrogen and oxygen atoms in total. The molecule has 20 heavy (non-hydrogen) atoms. The molecule has 2 atom stereocenters. The van der Waals surface area contributed by atoms with Crippen LogP contribution in [0.2, 0.25) is 0 Å². The lowest BCUT2D eigenvalue weighted by atomic mass is 9.95. The largest absolute Gasteiger partial charge is 0.481 e. The van der Waals surface area contributed by atoms with Crippen LogP contribution in [-0.4, -0.2) is 41.2 Å². The second-order valence-electron chi connectivity index (χ2n) is 5.27. The molecule has 0 aromatic carbocycles. The zero-order valence-electron chi connectivity index (χ0n) is 12.2. The Hall–Kier alpha value is -0.910. The molecule has 0 heterocycles. The minimum Gasteiger partial charge on any atom is -0.481 e. The molecule has 0 saturated heterocycles. The van der Waals surface area contributed by atoms with E-state index in [1.54, 1.807) is 0 Å². The Morgan fingerprint density at radius 1 is 1.20 bits per heavy atom. The first kappa shape index (κ1) is 17.1. The summed E-state index contributed by atoms with van der Waals surface area (Å²) in [7, 11) is 0. The van der Waals surface area contributed by atoms with Gasteiger partial charge in [-0.1, -0.05) is 19.3 Å². The van der Waals surface area contributed by atoms with Crippen LogP contribution in [0.5, 0.6) is 0 Å². The first-order valence-corrected chi connectivity index (χ1v) is 8.71. The van der Waals surface area contributed by atoms with Crippen LogP contribution in [-0.2, 0) is 4.79 Å². The van der Waals surface area contributed by atoms with Crippen LogP contribution in [0.4, 0.5) is 4.79 Å². The maximum Gasteiger partial charge on any atom is 0.315 e. The molecule has 2 amide bonds. The van der Waals surface area contributed by atoms with Crippen molar-refractivity contribution in [1.29, 1.82) is 0 Å². The fraction of sp³-hybridized carbons (Fsp3) is 0.857. The van der Waals surface area contributed by atoms with Crippen molar-refractivity contribution >= 4 is 23.8 Å². The number of hydrogen-bond donors (Lipinski definition) is 3. The van der Waals surface area contributed by atoms with E-state index >= 15 is 0 Å². The number of aliphatic carboxylic acids is 1. The van der Waals surface area contributed by atoms with Crippen LogP contribution in [0.15, 0.2) is 0 Å². The highest BCUT2D eigenvalue weighted by Crippen LogP contribution is 2.26. The molecule has 0 bridgehead atoms. The van der Waals surface area contributed by atoms with Gasteiger partial charge >= 0.3 is 12.0 Å². The average Bonchev–Trinajstić information content (AvgIpc) is 2.43. The van der Waals surface area contributed by atoms with Crippen molar-refractivity contribution in [3.63, 3.8) is 0 Å². The van der Waals surface area contributed by atoms with E-state index in [-0.39, 0.29) is 18.5 Å². The minimum absolute atomic E-state index is 0.0887. The summed E-state index contributed by atoms with van der Waals surface area (Å²) >= 11 is 1.84. The minimum atomic E-state index is -0.754. The highest BCUT2D eigenvalue weighted by molar-refractivity contribution is 7.99. The molecule has 0 aromatic heterocycles. The van der Waals surface area contributed by atoms with Gasteiger partial charge in [-0.3, -0.25) is 4.79 Å². The molecule has 0 aromatic rings. The number of amides is 2. The third-order valence-corrected chi connectivity index (χ3v) is 4.84. The summed E-state index contributed by atoms with van der Waals surface area (Å²) in [6, 6.07) is 0.194. The zero-order valence-corrected chi connectivity index (χ0v) is 13.0. The van der Waals surface area contributed by atoms with Crippen LogP contribution in [0, 0.1) is 0 Å². The molecule has 1 saturated carbocycles. The lowest BCUT2D eigenvalue weighted by Crippen LogP contribution is -2.48. The number of unbranched alkanes of at least 4 members (excludes halogenated alkanes) is 2. The van der Waals surface area contributed by atoms with Gasteiger partial charge in [-0.2, -0.15) is 11.8 Å². The Balaban J connectivity index is 2.08. The first-order valence-electron chi connectivity index (χ1n) is 7.42. The van der Waals surface area contributed by atoms with Crippen molar-refractivity contribution in [2.45, 2.75) is 62.7 Å². The van der Waals surface area contributed by atoms with Gasteiger partial charge in [0.2, 0.25) is 0 Å². The maximum absolute atomic E-state index is 11.8.